The minimum Gasteiger partial charge on any atom is -0.461 e. The van der Waals surface area contributed by atoms with Crippen molar-refractivity contribution in [2.75, 3.05) is 5.32 Å². The van der Waals surface area contributed by atoms with Crippen molar-refractivity contribution in [1.82, 2.24) is 19.3 Å². The Bertz CT molecular complexity index is 907. The standard InChI is InChI=1S/C16H15N5O3/c22-14(18-11-3-1-7-17-9-11)10-20-16(23)21(12-5-6-12)15(19-20)13-4-2-8-24-13/h1-4,7-9,12H,5-6,10H2,(H,18,22). The van der Waals surface area contributed by atoms with Crippen LogP contribution in [-0.2, 0) is 11.3 Å². The van der Waals surface area contributed by atoms with E-state index in [1.165, 1.54) is 17.1 Å². The van der Waals surface area contributed by atoms with Crippen LogP contribution in [0.2, 0.25) is 0 Å². The molecule has 3 heterocycles. The molecule has 8 nitrogen and oxygen atoms in total. The highest BCUT2D eigenvalue weighted by molar-refractivity contribution is 5.90. The SMILES string of the molecule is O=C(Cn1nc(-c2ccco2)n(C2CC2)c1=O)Nc1cccnc1. The van der Waals surface area contributed by atoms with Crippen LogP contribution in [0.3, 0.4) is 0 Å². The Labute approximate surface area is 136 Å². The van der Waals surface area contributed by atoms with Crippen LogP contribution in [0.5, 0.6) is 0 Å². The summed E-state index contributed by atoms with van der Waals surface area (Å²) in [5.41, 5.74) is 0.272. The molecule has 24 heavy (non-hydrogen) atoms. The molecule has 0 aliphatic heterocycles. The predicted molar refractivity (Wildman–Crippen MR) is 85.3 cm³/mol. The molecule has 0 unspecified atom stereocenters. The van der Waals surface area contributed by atoms with Crippen molar-refractivity contribution < 1.29 is 9.21 Å². The van der Waals surface area contributed by atoms with Gasteiger partial charge in [0, 0.05) is 12.2 Å². The molecule has 1 aliphatic rings. The van der Waals surface area contributed by atoms with E-state index in [4.69, 9.17) is 4.42 Å². The van der Waals surface area contributed by atoms with E-state index >= 15 is 0 Å². The van der Waals surface area contributed by atoms with Crippen LogP contribution in [0.25, 0.3) is 11.6 Å². The van der Waals surface area contributed by atoms with Gasteiger partial charge in [-0.05, 0) is 37.1 Å². The molecule has 3 aromatic rings. The molecule has 0 radical (unpaired) electrons. The van der Waals surface area contributed by atoms with Crippen LogP contribution < -0.4 is 11.0 Å². The fraction of sp³-hybridized carbons (Fsp3) is 0.250. The molecule has 8 heteroatoms. The monoisotopic (exact) mass is 325 g/mol. The first kappa shape index (κ1) is 14.4. The molecule has 0 aromatic carbocycles. The quantitative estimate of drug-likeness (QED) is 0.770. The fourth-order valence-electron chi connectivity index (χ4n) is 2.53. The molecular weight excluding hydrogens is 310 g/mol. The van der Waals surface area contributed by atoms with Crippen LogP contribution in [0.4, 0.5) is 5.69 Å². The van der Waals surface area contributed by atoms with E-state index in [1.54, 1.807) is 35.0 Å². The van der Waals surface area contributed by atoms with Gasteiger partial charge in [-0.3, -0.25) is 14.3 Å². The Morgan fingerprint density at radius 3 is 2.88 bits per heavy atom. The van der Waals surface area contributed by atoms with Crippen LogP contribution in [0.15, 0.2) is 52.1 Å². The molecule has 0 spiro atoms. The van der Waals surface area contributed by atoms with Crippen LogP contribution in [-0.4, -0.2) is 25.2 Å². The third-order valence-corrected chi connectivity index (χ3v) is 3.76. The fourth-order valence-corrected chi connectivity index (χ4v) is 2.53. The number of nitrogens with zero attached hydrogens (tertiary/aromatic N) is 4. The highest BCUT2D eigenvalue weighted by atomic mass is 16.3. The molecule has 1 fully saturated rings. The normalized spacial score (nSPS) is 13.8. The van der Waals surface area contributed by atoms with Gasteiger partial charge in [0.1, 0.15) is 6.54 Å². The Hall–Kier alpha value is -3.16. The Kier molecular flexibility index (Phi) is 3.49. The van der Waals surface area contributed by atoms with Gasteiger partial charge in [0.05, 0.1) is 18.1 Å². The van der Waals surface area contributed by atoms with E-state index in [2.05, 4.69) is 15.4 Å². The molecular formula is C16H15N5O3. The van der Waals surface area contributed by atoms with Gasteiger partial charge in [-0.15, -0.1) is 5.10 Å². The third-order valence-electron chi connectivity index (χ3n) is 3.76. The average molecular weight is 325 g/mol. The van der Waals surface area contributed by atoms with E-state index < -0.39 is 0 Å². The summed E-state index contributed by atoms with van der Waals surface area (Å²) in [6.45, 7) is -0.166. The van der Waals surface area contributed by atoms with Gasteiger partial charge in [-0.2, -0.15) is 0 Å². The third kappa shape index (κ3) is 2.73. The van der Waals surface area contributed by atoms with Crippen LogP contribution in [0, 0.1) is 0 Å². The molecule has 3 aromatic heterocycles. The first-order valence-electron chi connectivity index (χ1n) is 7.65. The first-order valence-corrected chi connectivity index (χ1v) is 7.65. The number of hydrogen-bond donors (Lipinski definition) is 1. The van der Waals surface area contributed by atoms with E-state index in [9.17, 15) is 9.59 Å². The van der Waals surface area contributed by atoms with Gasteiger partial charge < -0.3 is 9.73 Å². The highest BCUT2D eigenvalue weighted by Crippen LogP contribution is 2.36. The number of rotatable bonds is 5. The minimum atomic E-state index is -0.337. The number of hydrogen-bond acceptors (Lipinski definition) is 5. The van der Waals surface area contributed by atoms with Gasteiger partial charge in [-0.1, -0.05) is 0 Å². The van der Waals surface area contributed by atoms with Gasteiger partial charge >= 0.3 is 5.69 Å². The summed E-state index contributed by atoms with van der Waals surface area (Å²) < 4.78 is 8.14. The lowest BCUT2D eigenvalue weighted by Crippen LogP contribution is -2.30. The van der Waals surface area contributed by atoms with Crippen molar-refractivity contribution in [3.63, 3.8) is 0 Å². The molecule has 122 valence electrons. The highest BCUT2D eigenvalue weighted by Gasteiger charge is 2.31. The van der Waals surface area contributed by atoms with Crippen LogP contribution >= 0.6 is 0 Å². The second kappa shape index (κ2) is 5.80. The van der Waals surface area contributed by atoms with Crippen molar-refractivity contribution in [3.8, 4) is 11.6 Å². The summed E-state index contributed by atoms with van der Waals surface area (Å²) in [6.07, 6.45) is 6.55. The second-order valence-electron chi connectivity index (χ2n) is 5.63. The molecule has 0 saturated heterocycles. The Morgan fingerprint density at radius 2 is 2.21 bits per heavy atom. The molecule has 4 rings (SSSR count). The van der Waals surface area contributed by atoms with Gasteiger partial charge in [0.15, 0.2) is 5.76 Å². The number of pyridine rings is 1. The zero-order valence-corrected chi connectivity index (χ0v) is 12.8. The number of carbonyl (C=O) groups excluding carboxylic acids is 1. The number of carbonyl (C=O) groups is 1. The largest absolute Gasteiger partial charge is 0.461 e. The summed E-state index contributed by atoms with van der Waals surface area (Å²) in [6, 6.07) is 7.07. The van der Waals surface area contributed by atoms with Crippen LogP contribution in [0.1, 0.15) is 18.9 Å². The molecule has 1 N–H and O–H groups in total. The van der Waals surface area contributed by atoms with E-state index in [-0.39, 0.29) is 24.2 Å². The lowest BCUT2D eigenvalue weighted by atomic mass is 10.4. The van der Waals surface area contributed by atoms with E-state index in [0.717, 1.165) is 12.8 Å². The minimum absolute atomic E-state index is 0.132. The van der Waals surface area contributed by atoms with E-state index in [1.807, 2.05) is 0 Å². The van der Waals surface area contributed by atoms with Gasteiger partial charge in [0.25, 0.3) is 0 Å². The number of anilines is 1. The molecule has 1 amide bonds. The summed E-state index contributed by atoms with van der Waals surface area (Å²) >= 11 is 0. The number of aromatic nitrogens is 4. The maximum absolute atomic E-state index is 12.6. The molecule has 1 aliphatic carbocycles. The van der Waals surface area contributed by atoms with Crippen molar-refractivity contribution in [2.24, 2.45) is 0 Å². The zero-order valence-electron chi connectivity index (χ0n) is 12.8. The smallest absolute Gasteiger partial charge is 0.347 e. The summed E-state index contributed by atoms with van der Waals surface area (Å²) in [5.74, 6) is 0.642. The maximum atomic E-state index is 12.6. The summed E-state index contributed by atoms with van der Waals surface area (Å²) in [7, 11) is 0. The number of nitrogens with one attached hydrogen (secondary N) is 1. The second-order valence-corrected chi connectivity index (χ2v) is 5.63. The van der Waals surface area contributed by atoms with E-state index in [0.29, 0.717) is 17.3 Å². The van der Waals surface area contributed by atoms with Gasteiger partial charge in [-0.25, -0.2) is 9.48 Å². The molecule has 0 bridgehead atoms. The first-order chi connectivity index (χ1) is 11.7. The summed E-state index contributed by atoms with van der Waals surface area (Å²) in [4.78, 5) is 28.7. The van der Waals surface area contributed by atoms with Crippen molar-refractivity contribution in [1.29, 1.82) is 0 Å². The maximum Gasteiger partial charge on any atom is 0.347 e. The van der Waals surface area contributed by atoms with Crippen molar-refractivity contribution in [2.45, 2.75) is 25.4 Å². The average Bonchev–Trinajstić information content (AvgIpc) is 3.16. The molecule has 1 saturated carbocycles. The lowest BCUT2D eigenvalue weighted by molar-refractivity contribution is -0.117. The number of amides is 1. The lowest BCUT2D eigenvalue weighted by Gasteiger charge is -2.03. The number of furan rings is 1. The van der Waals surface area contributed by atoms with Crippen molar-refractivity contribution >= 4 is 11.6 Å². The van der Waals surface area contributed by atoms with Crippen molar-refractivity contribution in [3.05, 3.63) is 53.4 Å². The predicted octanol–water partition coefficient (Wildman–Crippen LogP) is 1.67. The topological polar surface area (TPSA) is 95.0 Å². The summed E-state index contributed by atoms with van der Waals surface area (Å²) in [5, 5.41) is 6.98. The zero-order chi connectivity index (χ0) is 16.5. The Morgan fingerprint density at radius 1 is 1.33 bits per heavy atom. The Balaban J connectivity index is 1.61. The van der Waals surface area contributed by atoms with Gasteiger partial charge in [0.2, 0.25) is 11.7 Å². The molecule has 0 atom stereocenters.